The number of hydrogen-bond donors (Lipinski definition) is 2. The highest BCUT2D eigenvalue weighted by Crippen LogP contribution is 2.17. The van der Waals surface area contributed by atoms with Crippen molar-refractivity contribution in [2.45, 2.75) is 24.8 Å². The minimum atomic E-state index is -3.66. The van der Waals surface area contributed by atoms with Crippen LogP contribution in [0.1, 0.15) is 18.6 Å². The molecule has 0 aliphatic carbocycles. The Labute approximate surface area is 111 Å². The summed E-state index contributed by atoms with van der Waals surface area (Å²) in [6, 6.07) is 6.28. The Hall–Kier alpha value is -1.86. The number of oxazole rings is 1. The molecule has 0 amide bonds. The molecule has 0 fully saturated rings. The molecule has 0 saturated carbocycles. The van der Waals surface area contributed by atoms with Gasteiger partial charge in [-0.15, -0.1) is 0 Å². The van der Waals surface area contributed by atoms with Crippen LogP contribution in [0.25, 0.3) is 0 Å². The van der Waals surface area contributed by atoms with Crippen molar-refractivity contribution in [1.29, 1.82) is 0 Å². The Balaban J connectivity index is 2.12. The largest absolute Gasteiger partial charge is 0.444 e. The number of hydrogen-bond acceptors (Lipinski definition) is 5. The molecule has 1 aromatic carbocycles. The van der Waals surface area contributed by atoms with Crippen molar-refractivity contribution in [2.24, 2.45) is 0 Å². The molecule has 0 atom stereocenters. The average molecular weight is 281 g/mol. The van der Waals surface area contributed by atoms with Crippen molar-refractivity contribution in [2.75, 3.05) is 5.73 Å². The van der Waals surface area contributed by atoms with Crippen molar-refractivity contribution in [1.82, 2.24) is 9.71 Å². The summed E-state index contributed by atoms with van der Waals surface area (Å²) < 4.78 is 31.8. The van der Waals surface area contributed by atoms with E-state index >= 15 is 0 Å². The molecule has 2 rings (SSSR count). The molecule has 3 N–H and O–H groups in total. The van der Waals surface area contributed by atoms with Crippen LogP contribution >= 0.6 is 0 Å². The van der Waals surface area contributed by atoms with Crippen molar-refractivity contribution in [3.05, 3.63) is 42.1 Å². The van der Waals surface area contributed by atoms with Crippen LogP contribution in [0.3, 0.4) is 0 Å². The summed E-state index contributed by atoms with van der Waals surface area (Å²) >= 11 is 0. The average Bonchev–Trinajstić information content (AvgIpc) is 2.85. The number of benzene rings is 1. The highest BCUT2D eigenvalue weighted by atomic mass is 32.2. The molecular formula is C12H15N3O3S. The van der Waals surface area contributed by atoms with Gasteiger partial charge in [0.1, 0.15) is 10.7 Å². The maximum atomic E-state index is 12.0. The van der Waals surface area contributed by atoms with Crippen LogP contribution in [0.4, 0.5) is 5.69 Å². The fourth-order valence-corrected chi connectivity index (χ4v) is 2.66. The normalized spacial score (nSPS) is 11.6. The van der Waals surface area contributed by atoms with Gasteiger partial charge < -0.3 is 10.2 Å². The number of nitrogens with one attached hydrogen (secondary N) is 1. The highest BCUT2D eigenvalue weighted by molar-refractivity contribution is 7.89. The van der Waals surface area contributed by atoms with E-state index in [9.17, 15) is 8.42 Å². The van der Waals surface area contributed by atoms with Gasteiger partial charge in [-0.05, 0) is 12.1 Å². The van der Waals surface area contributed by atoms with Gasteiger partial charge in [0, 0.05) is 6.42 Å². The molecule has 0 radical (unpaired) electrons. The summed E-state index contributed by atoms with van der Waals surface area (Å²) in [5.74, 6) is 1.04. The van der Waals surface area contributed by atoms with Gasteiger partial charge in [0.2, 0.25) is 15.9 Å². The summed E-state index contributed by atoms with van der Waals surface area (Å²) in [7, 11) is -3.66. The lowest BCUT2D eigenvalue weighted by Gasteiger charge is -2.07. The number of aryl methyl sites for hydroxylation is 1. The molecular weight excluding hydrogens is 266 g/mol. The van der Waals surface area contributed by atoms with E-state index in [4.69, 9.17) is 10.2 Å². The summed E-state index contributed by atoms with van der Waals surface area (Å²) in [5.41, 5.74) is 5.85. The molecule has 7 heteroatoms. The van der Waals surface area contributed by atoms with Crippen molar-refractivity contribution in [3.8, 4) is 0 Å². The van der Waals surface area contributed by atoms with Gasteiger partial charge in [0.15, 0.2) is 0 Å². The third-order valence-corrected chi connectivity index (χ3v) is 4.05. The van der Waals surface area contributed by atoms with E-state index in [2.05, 4.69) is 9.71 Å². The van der Waals surface area contributed by atoms with Crippen LogP contribution < -0.4 is 10.5 Å². The monoisotopic (exact) mass is 281 g/mol. The van der Waals surface area contributed by atoms with E-state index in [1.54, 1.807) is 18.3 Å². The van der Waals surface area contributed by atoms with Crippen LogP contribution in [0.2, 0.25) is 0 Å². The molecule has 2 aromatic rings. The molecule has 0 unspecified atom stereocenters. The minimum absolute atomic E-state index is 0.00331. The predicted molar refractivity (Wildman–Crippen MR) is 70.8 cm³/mol. The molecule has 0 aliphatic rings. The van der Waals surface area contributed by atoms with Crippen LogP contribution in [-0.4, -0.2) is 13.4 Å². The number of nitrogens with zero attached hydrogens (tertiary/aromatic N) is 1. The fourth-order valence-electron chi connectivity index (χ4n) is 1.55. The Morgan fingerprint density at radius 3 is 2.74 bits per heavy atom. The summed E-state index contributed by atoms with van der Waals surface area (Å²) in [5, 5.41) is 0. The number of aromatic nitrogens is 1. The van der Waals surface area contributed by atoms with Gasteiger partial charge >= 0.3 is 0 Å². The third kappa shape index (κ3) is 3.12. The van der Waals surface area contributed by atoms with Gasteiger partial charge in [-0.2, -0.15) is 0 Å². The van der Waals surface area contributed by atoms with Gasteiger partial charge in [0.05, 0.1) is 18.4 Å². The number of nitrogen functional groups attached to an aromatic ring is 1. The van der Waals surface area contributed by atoms with E-state index in [-0.39, 0.29) is 17.1 Å². The predicted octanol–water partition coefficient (Wildman–Crippen LogP) is 1.30. The zero-order chi connectivity index (χ0) is 13.9. The lowest BCUT2D eigenvalue weighted by molar-refractivity contribution is 0.452. The number of anilines is 1. The topological polar surface area (TPSA) is 98.2 Å². The van der Waals surface area contributed by atoms with Crippen molar-refractivity contribution < 1.29 is 12.8 Å². The van der Waals surface area contributed by atoms with Crippen LogP contribution in [0.5, 0.6) is 0 Å². The second-order valence-corrected chi connectivity index (χ2v) is 5.67. The van der Waals surface area contributed by atoms with E-state index < -0.39 is 10.0 Å². The van der Waals surface area contributed by atoms with Gasteiger partial charge in [0.25, 0.3) is 0 Å². The molecule has 19 heavy (non-hydrogen) atoms. The molecule has 1 heterocycles. The standard InChI is InChI=1S/C12H15N3O3S/c1-2-9-7-14-12(18-9)8-15-19(16,17)11-6-4-3-5-10(11)13/h3-7,15H,2,8,13H2,1H3. The summed E-state index contributed by atoms with van der Waals surface area (Å²) in [6.45, 7) is 1.93. The number of sulfonamides is 1. The summed E-state index contributed by atoms with van der Waals surface area (Å²) in [4.78, 5) is 4.03. The second kappa shape index (κ2) is 5.41. The smallest absolute Gasteiger partial charge is 0.243 e. The second-order valence-electron chi connectivity index (χ2n) is 3.94. The molecule has 102 valence electrons. The summed E-state index contributed by atoms with van der Waals surface area (Å²) in [6.07, 6.45) is 2.30. The van der Waals surface area contributed by atoms with E-state index in [0.717, 1.165) is 0 Å². The van der Waals surface area contributed by atoms with Crippen LogP contribution in [0, 0.1) is 0 Å². The van der Waals surface area contributed by atoms with Gasteiger partial charge in [-0.3, -0.25) is 0 Å². The number of nitrogens with two attached hydrogens (primary N) is 1. The Kier molecular flexibility index (Phi) is 3.87. The van der Waals surface area contributed by atoms with E-state index in [0.29, 0.717) is 18.1 Å². The molecule has 0 aliphatic heterocycles. The Morgan fingerprint density at radius 1 is 1.37 bits per heavy atom. The number of para-hydroxylation sites is 1. The maximum Gasteiger partial charge on any atom is 0.243 e. The van der Waals surface area contributed by atoms with E-state index in [1.807, 2.05) is 6.92 Å². The first-order valence-corrected chi connectivity index (χ1v) is 7.29. The zero-order valence-corrected chi connectivity index (χ0v) is 11.3. The minimum Gasteiger partial charge on any atom is -0.444 e. The maximum absolute atomic E-state index is 12.0. The molecule has 0 saturated heterocycles. The Bertz CT molecular complexity index is 664. The number of rotatable bonds is 5. The molecule has 0 bridgehead atoms. The van der Waals surface area contributed by atoms with E-state index in [1.165, 1.54) is 12.1 Å². The van der Waals surface area contributed by atoms with Gasteiger partial charge in [-0.1, -0.05) is 19.1 Å². The Morgan fingerprint density at radius 2 is 2.11 bits per heavy atom. The van der Waals surface area contributed by atoms with Gasteiger partial charge in [-0.25, -0.2) is 18.1 Å². The van der Waals surface area contributed by atoms with Crippen LogP contribution in [-0.2, 0) is 23.0 Å². The first-order chi connectivity index (χ1) is 9.03. The first kappa shape index (κ1) is 13.6. The SMILES string of the molecule is CCc1cnc(CNS(=O)(=O)c2ccccc2N)o1. The molecule has 0 spiro atoms. The fraction of sp³-hybridized carbons (Fsp3) is 0.250. The third-order valence-electron chi connectivity index (χ3n) is 2.57. The quantitative estimate of drug-likeness (QED) is 0.805. The van der Waals surface area contributed by atoms with Crippen molar-refractivity contribution in [3.63, 3.8) is 0 Å². The molecule has 1 aromatic heterocycles. The first-order valence-electron chi connectivity index (χ1n) is 5.80. The zero-order valence-electron chi connectivity index (χ0n) is 10.5. The lowest BCUT2D eigenvalue weighted by Crippen LogP contribution is -2.24. The van der Waals surface area contributed by atoms with Crippen molar-refractivity contribution >= 4 is 15.7 Å². The lowest BCUT2D eigenvalue weighted by atomic mass is 10.3. The highest BCUT2D eigenvalue weighted by Gasteiger charge is 2.17. The molecule has 6 nitrogen and oxygen atoms in total. The van der Waals surface area contributed by atoms with Crippen LogP contribution in [0.15, 0.2) is 39.8 Å².